The van der Waals surface area contributed by atoms with E-state index >= 15 is 4.79 Å². The molecule has 4 heterocycles. The largest absolute Gasteiger partial charge is 0.497 e. The van der Waals surface area contributed by atoms with Crippen molar-refractivity contribution in [1.29, 1.82) is 0 Å². The van der Waals surface area contributed by atoms with Crippen molar-refractivity contribution < 1.29 is 41.9 Å². The molecule has 2 saturated carbocycles. The number of nitrogens with one attached hydrogen (secondary N) is 2. The highest BCUT2D eigenvalue weighted by Gasteiger charge is 2.61. The summed E-state index contributed by atoms with van der Waals surface area (Å²) in [5.41, 5.74) is -0.0198. The Balaban J connectivity index is 1.10. The minimum Gasteiger partial charge on any atom is -0.497 e. The van der Waals surface area contributed by atoms with Crippen molar-refractivity contribution >= 4 is 66.8 Å². The SMILES string of the molecule is C=C[C@@H]1C[C@]1(CC(=O)[C@@H]1C[C@@H](Oc2cc(-c3ccccc3)nc3cc(OC)ccc23)CN1C(=O)[C@@H](CC(=O)N1CCCC1C(=O)Nc1nccs1)C(C)(C)C)C(=O)NS(=O)(=O)C1CC1. The number of anilines is 1. The van der Waals surface area contributed by atoms with Crippen molar-refractivity contribution in [3.05, 3.63) is 78.8 Å². The number of likely N-dealkylation sites (tertiary alicyclic amines) is 2. The molecular weight excluding hydrogens is 857 g/mol. The third-order valence-electron chi connectivity index (χ3n) is 13.1. The van der Waals surface area contributed by atoms with Crippen LogP contribution in [0.1, 0.15) is 72.1 Å². The van der Waals surface area contributed by atoms with E-state index in [1.54, 1.807) is 30.8 Å². The Morgan fingerprint density at radius 1 is 1.03 bits per heavy atom. The van der Waals surface area contributed by atoms with Crippen LogP contribution >= 0.6 is 11.3 Å². The lowest BCUT2D eigenvalue weighted by molar-refractivity contribution is -0.149. The van der Waals surface area contributed by atoms with E-state index in [1.807, 2.05) is 69.3 Å². The molecule has 64 heavy (non-hydrogen) atoms. The van der Waals surface area contributed by atoms with Crippen molar-refractivity contribution in [2.24, 2.45) is 22.7 Å². The van der Waals surface area contributed by atoms with Gasteiger partial charge in [0, 0.05) is 60.5 Å². The van der Waals surface area contributed by atoms with E-state index in [4.69, 9.17) is 14.5 Å². The summed E-state index contributed by atoms with van der Waals surface area (Å²) in [4.78, 5) is 83.4. The van der Waals surface area contributed by atoms with Gasteiger partial charge < -0.3 is 24.6 Å². The summed E-state index contributed by atoms with van der Waals surface area (Å²) in [5.74, 6) is -2.59. The number of amides is 4. The number of nitrogens with zero attached hydrogens (tertiary/aromatic N) is 4. The van der Waals surface area contributed by atoms with Crippen LogP contribution in [0.15, 0.2) is 78.8 Å². The van der Waals surface area contributed by atoms with Gasteiger partial charge in [0.05, 0.1) is 47.5 Å². The number of hydrogen-bond donors (Lipinski definition) is 2. The second kappa shape index (κ2) is 17.7. The maximum atomic E-state index is 15.2. The second-order valence-corrected chi connectivity index (χ2v) is 21.3. The number of sulfonamides is 1. The molecule has 0 bridgehead atoms. The number of ketones is 1. The van der Waals surface area contributed by atoms with Gasteiger partial charge in [-0.25, -0.2) is 18.4 Å². The minimum absolute atomic E-state index is 0.0145. The molecule has 17 heteroatoms. The average Bonchev–Trinajstić information content (AvgIpc) is 4.04. The van der Waals surface area contributed by atoms with Crippen LogP contribution < -0.4 is 19.5 Å². The van der Waals surface area contributed by atoms with Crippen molar-refractivity contribution in [3.8, 4) is 22.8 Å². The number of allylic oxidation sites excluding steroid dienone is 1. The van der Waals surface area contributed by atoms with Crippen molar-refractivity contribution in [3.63, 3.8) is 0 Å². The molecule has 0 radical (unpaired) electrons. The molecule has 2 aromatic carbocycles. The number of benzene rings is 2. The number of rotatable bonds is 16. The molecule has 4 aliphatic rings. The monoisotopic (exact) mass is 910 g/mol. The van der Waals surface area contributed by atoms with Gasteiger partial charge in [-0.1, -0.05) is 57.2 Å². The number of methoxy groups -OCH3 is 1. The molecule has 1 unspecified atom stereocenters. The van der Waals surface area contributed by atoms with Crippen LogP contribution in [-0.2, 0) is 34.0 Å². The first-order chi connectivity index (χ1) is 30.5. The number of thiazole rings is 1. The number of aromatic nitrogens is 2. The van der Waals surface area contributed by atoms with Gasteiger partial charge in [-0.05, 0) is 55.6 Å². The van der Waals surface area contributed by atoms with Gasteiger partial charge in [-0.3, -0.25) is 28.7 Å². The standard InChI is InChI=1S/C47H54N6O9S2/c1-6-29-25-47(29,44(58)51-64(59,60)32-15-16-32)26-39(54)38-22-31(62-40-24-35(28-11-8-7-9-12-28)49-36-21-30(61-5)14-17-33(36)40)27-53(38)43(57)34(46(2,3)4)23-41(55)52-19-10-13-37(52)42(56)50-45-48-18-20-63-45/h6-9,11-12,14,17-18,20-21,24,29,31-32,34,37-38H,1,10,13,15-16,19,22-23,25-27H2,2-5H3,(H,51,58)(H,48,50,56)/t29-,31-,34-,37?,38+,47-/m1/s1. The zero-order valence-electron chi connectivity index (χ0n) is 36.5. The van der Waals surface area contributed by atoms with Gasteiger partial charge in [0.25, 0.3) is 0 Å². The molecule has 0 spiro atoms. The van der Waals surface area contributed by atoms with E-state index in [1.165, 1.54) is 21.1 Å². The van der Waals surface area contributed by atoms with Crippen LogP contribution in [0.25, 0.3) is 22.2 Å². The zero-order valence-corrected chi connectivity index (χ0v) is 38.1. The Hall–Kier alpha value is -5.68. The number of hydrogen-bond acceptors (Lipinski definition) is 12. The average molecular weight is 911 g/mol. The lowest BCUT2D eigenvalue weighted by Gasteiger charge is -2.36. The highest BCUT2D eigenvalue weighted by molar-refractivity contribution is 7.90. The predicted octanol–water partition coefficient (Wildman–Crippen LogP) is 6.16. The fourth-order valence-corrected chi connectivity index (χ4v) is 11.1. The smallest absolute Gasteiger partial charge is 0.248 e. The maximum Gasteiger partial charge on any atom is 0.248 e. The van der Waals surface area contributed by atoms with E-state index in [0.717, 1.165) is 5.56 Å². The first-order valence-electron chi connectivity index (χ1n) is 21.7. The van der Waals surface area contributed by atoms with Crippen LogP contribution in [0.4, 0.5) is 5.13 Å². The van der Waals surface area contributed by atoms with Crippen molar-refractivity contribution in [2.75, 3.05) is 25.5 Å². The number of pyridine rings is 1. The summed E-state index contributed by atoms with van der Waals surface area (Å²) < 4.78 is 40.4. The molecule has 338 valence electrons. The number of carbonyl (C=O) groups is 5. The summed E-state index contributed by atoms with van der Waals surface area (Å²) in [6, 6.07) is 15.1. The Morgan fingerprint density at radius 2 is 1.80 bits per heavy atom. The van der Waals surface area contributed by atoms with E-state index in [-0.39, 0.29) is 44.0 Å². The minimum atomic E-state index is -3.90. The molecule has 15 nitrogen and oxygen atoms in total. The molecule has 2 aliphatic carbocycles. The molecule has 6 atom stereocenters. The topological polar surface area (TPSA) is 194 Å². The van der Waals surface area contributed by atoms with Crippen LogP contribution in [0.3, 0.4) is 0 Å². The number of fused-ring (bicyclic) bond motifs is 1. The fraction of sp³-hybridized carbons (Fsp3) is 0.468. The van der Waals surface area contributed by atoms with E-state index < -0.39 is 73.7 Å². The van der Waals surface area contributed by atoms with Gasteiger partial charge in [0.15, 0.2) is 10.9 Å². The molecule has 4 aromatic rings. The van der Waals surface area contributed by atoms with Gasteiger partial charge in [0.2, 0.25) is 33.7 Å². The van der Waals surface area contributed by atoms with Crippen molar-refractivity contribution in [2.45, 2.75) is 95.6 Å². The van der Waals surface area contributed by atoms with Crippen LogP contribution in [0.2, 0.25) is 0 Å². The Bertz CT molecular complexity index is 2580. The zero-order chi connectivity index (χ0) is 45.6. The lowest BCUT2D eigenvalue weighted by Crippen LogP contribution is -2.50. The van der Waals surface area contributed by atoms with Crippen LogP contribution in [0, 0.1) is 22.7 Å². The first-order valence-corrected chi connectivity index (χ1v) is 24.2. The molecule has 4 amide bonds. The molecular formula is C47H54N6O9S2. The highest BCUT2D eigenvalue weighted by Crippen LogP contribution is 2.57. The molecule has 2 aliphatic heterocycles. The summed E-state index contributed by atoms with van der Waals surface area (Å²) in [5, 5.41) is 5.02. The quantitative estimate of drug-likeness (QED) is 0.122. The van der Waals surface area contributed by atoms with E-state index in [9.17, 15) is 27.6 Å². The van der Waals surface area contributed by atoms with Gasteiger partial charge in [-0.2, -0.15) is 0 Å². The third kappa shape index (κ3) is 9.27. The molecule has 4 fully saturated rings. The van der Waals surface area contributed by atoms with Crippen molar-refractivity contribution in [1.82, 2.24) is 24.5 Å². The van der Waals surface area contributed by atoms with Gasteiger partial charge in [0.1, 0.15) is 23.6 Å². The lowest BCUT2D eigenvalue weighted by atomic mass is 9.77. The summed E-state index contributed by atoms with van der Waals surface area (Å²) in [7, 11) is -2.33. The van der Waals surface area contributed by atoms with Crippen LogP contribution in [0.5, 0.6) is 11.5 Å². The molecule has 8 rings (SSSR count). The molecule has 2 aromatic heterocycles. The number of carbonyl (C=O) groups excluding carboxylic acids is 5. The fourth-order valence-electron chi connectivity index (χ4n) is 9.14. The Kier molecular flexibility index (Phi) is 12.4. The molecule has 2 N–H and O–H groups in total. The Morgan fingerprint density at radius 3 is 2.45 bits per heavy atom. The van der Waals surface area contributed by atoms with Crippen LogP contribution in [-0.4, -0.2) is 101 Å². The third-order valence-corrected chi connectivity index (χ3v) is 15.6. The summed E-state index contributed by atoms with van der Waals surface area (Å²) in [6.45, 7) is 9.78. The summed E-state index contributed by atoms with van der Waals surface area (Å²) in [6.07, 6.45) is 4.20. The van der Waals surface area contributed by atoms with E-state index in [2.05, 4.69) is 21.6 Å². The number of ether oxygens (including phenoxy) is 2. The van der Waals surface area contributed by atoms with Gasteiger partial charge in [-0.15, -0.1) is 17.9 Å². The highest BCUT2D eigenvalue weighted by atomic mass is 32.2. The Labute approximate surface area is 377 Å². The number of Topliss-reactive ketones (excluding diaryl/α,β-unsaturated/α-hetero) is 1. The summed E-state index contributed by atoms with van der Waals surface area (Å²) >= 11 is 1.28. The van der Waals surface area contributed by atoms with Gasteiger partial charge >= 0.3 is 0 Å². The maximum absolute atomic E-state index is 15.2. The molecule has 2 saturated heterocycles. The van der Waals surface area contributed by atoms with E-state index in [0.29, 0.717) is 65.5 Å². The second-order valence-electron chi connectivity index (χ2n) is 18.5. The normalized spacial score (nSPS) is 23.6. The predicted molar refractivity (Wildman–Crippen MR) is 242 cm³/mol. The first kappa shape index (κ1) is 44.9.